The van der Waals surface area contributed by atoms with Gasteiger partial charge in [-0.2, -0.15) is 0 Å². The first kappa shape index (κ1) is 61.2. The van der Waals surface area contributed by atoms with Crippen molar-refractivity contribution in [1.82, 2.24) is 0 Å². The van der Waals surface area contributed by atoms with E-state index in [0.29, 0.717) is 0 Å². The Morgan fingerprint density at radius 3 is 1.15 bits per heavy atom. The van der Waals surface area contributed by atoms with Crippen molar-refractivity contribution in [3.8, 4) is 0 Å². The van der Waals surface area contributed by atoms with Crippen LogP contribution in [0.5, 0.6) is 0 Å². The van der Waals surface area contributed by atoms with Crippen molar-refractivity contribution in [2.45, 2.75) is 118 Å². The van der Waals surface area contributed by atoms with Crippen LogP contribution in [0.15, 0.2) is 202 Å². The monoisotopic (exact) mass is 1170 g/mol. The molecule has 1 saturated carbocycles. The van der Waals surface area contributed by atoms with Gasteiger partial charge in [0.1, 0.15) is 30.5 Å². The number of esters is 3. The van der Waals surface area contributed by atoms with Gasteiger partial charge in [-0.15, -0.1) is 0 Å². The number of ether oxygens (including phenoxy) is 10. The lowest BCUT2D eigenvalue weighted by Crippen LogP contribution is -2.66. The van der Waals surface area contributed by atoms with Crippen LogP contribution in [0.1, 0.15) is 54.2 Å². The van der Waals surface area contributed by atoms with Crippen molar-refractivity contribution in [3.63, 3.8) is 0 Å². The number of hydrogen-bond donors (Lipinski definition) is 1. The van der Waals surface area contributed by atoms with E-state index in [-0.39, 0.29) is 49.5 Å². The zero-order valence-corrected chi connectivity index (χ0v) is 45.8. The van der Waals surface area contributed by atoms with Gasteiger partial charge in [0, 0.05) is 19.6 Å². The summed E-state index contributed by atoms with van der Waals surface area (Å²) < 4.78 is 65.5. The molecule has 0 unspecified atom stereocenters. The minimum absolute atomic E-state index is 0.0118. The Bertz CT molecular complexity index is 3370. The van der Waals surface area contributed by atoms with Crippen LogP contribution in [-0.2, 0) is 67.2 Å². The Labute approximate surface area is 491 Å². The van der Waals surface area contributed by atoms with Gasteiger partial charge >= 0.3 is 17.9 Å². The SMILES string of the molecule is [N-]=[N+]=NC[C@@H]1O[C@@H](O[C@H]2[C@H](O)[C@@H](O[C@H]3O[C@@H](CN=[N+]=[N-])[C@H](OC(=O)c4ccccc4)[C@@H](OC(=O)c4ccccc4)[C@@H]3OC(=O)c3ccccc3)[C@H](N=[N+]=[N-])C[C@@H]2N=[N+]=[N-])[C@@H](OCc2ccccc2)[C@H](OCc2ccccc2)[C@H]1OCc1ccccc1. The summed E-state index contributed by atoms with van der Waals surface area (Å²) in [5, 5.41) is 28.5. The molecular weight excluding hydrogens is 1110 g/mol. The molecule has 2 saturated heterocycles. The first-order chi connectivity index (χ1) is 42.2. The number of aliphatic hydroxyl groups excluding tert-OH is 1. The van der Waals surface area contributed by atoms with Crippen LogP contribution in [0.4, 0.5) is 0 Å². The molecule has 3 aliphatic rings. The number of rotatable bonds is 25. The van der Waals surface area contributed by atoms with Crippen molar-refractivity contribution in [2.24, 2.45) is 20.5 Å². The summed E-state index contributed by atoms with van der Waals surface area (Å²) in [5.74, 6) is -2.92. The Morgan fingerprint density at radius 2 is 0.756 bits per heavy atom. The molecule has 26 nitrogen and oxygen atoms in total. The number of nitrogens with zero attached hydrogens (tertiary/aromatic N) is 12. The molecule has 1 N–H and O–H groups in total. The molecular formula is C60H58N12O14. The van der Waals surface area contributed by atoms with E-state index in [9.17, 15) is 41.6 Å². The van der Waals surface area contributed by atoms with E-state index < -0.39 is 116 Å². The average Bonchev–Trinajstić information content (AvgIpc) is 1.31. The van der Waals surface area contributed by atoms with Crippen molar-refractivity contribution < 1.29 is 66.9 Å². The van der Waals surface area contributed by atoms with Gasteiger partial charge in [0.15, 0.2) is 30.9 Å². The molecule has 6 aromatic carbocycles. The van der Waals surface area contributed by atoms with Crippen LogP contribution in [0.2, 0.25) is 0 Å². The Balaban J connectivity index is 1.12. The van der Waals surface area contributed by atoms with Gasteiger partial charge in [-0.1, -0.05) is 166 Å². The zero-order valence-electron chi connectivity index (χ0n) is 45.8. The standard InChI is InChI=1S/C60H58N12O14/c61-69-65-32-45-50(77-34-37-19-7-1-8-20-37)52(78-35-38-21-9-2-10-22-38)54(79-36-39-23-11-3-12-24-39)59(80-45)85-48-43(67-71-63)31-44(68-72-64)49(47(48)73)86-60-55(84-58(76)42-29-17-6-18-30-42)53(83-57(75)41-27-15-5-16-28-41)51(46(81-60)33-66-70-62)82-56(74)40-25-13-4-14-26-40/h1-30,43-55,59-60,73H,31-36H2/t43-,44+,45-,46-,47-,48+,49-,50-,51-,52+,53+,54-,55-,59-,60+/m0/s1. The molecule has 1 aliphatic carbocycles. The molecule has 26 heteroatoms. The molecule has 0 bridgehead atoms. The third kappa shape index (κ3) is 15.9. The number of benzene rings is 6. The molecule has 2 aliphatic heterocycles. The molecule has 15 atom stereocenters. The summed E-state index contributed by atoms with van der Waals surface area (Å²) in [5.41, 5.74) is 42.0. The van der Waals surface area contributed by atoms with E-state index in [0.717, 1.165) is 16.7 Å². The highest BCUT2D eigenvalue weighted by molar-refractivity contribution is 5.91. The molecule has 3 fully saturated rings. The average molecular weight is 1170 g/mol. The summed E-state index contributed by atoms with van der Waals surface area (Å²) >= 11 is 0. The van der Waals surface area contributed by atoms with E-state index in [4.69, 9.17) is 47.4 Å². The molecule has 0 radical (unpaired) electrons. The second-order valence-corrected chi connectivity index (χ2v) is 19.9. The normalized spacial score (nSPS) is 26.8. The highest BCUT2D eigenvalue weighted by Gasteiger charge is 2.57. The molecule has 6 aromatic rings. The Morgan fingerprint density at radius 1 is 0.419 bits per heavy atom. The smallest absolute Gasteiger partial charge is 0.338 e. The van der Waals surface area contributed by atoms with E-state index in [2.05, 4.69) is 40.1 Å². The fourth-order valence-electron chi connectivity index (χ4n) is 10.2. The van der Waals surface area contributed by atoms with Crippen molar-refractivity contribution >= 4 is 17.9 Å². The molecule has 442 valence electrons. The van der Waals surface area contributed by atoms with Crippen LogP contribution in [0.3, 0.4) is 0 Å². The van der Waals surface area contributed by atoms with Gasteiger partial charge in [-0.05, 0) is 81.6 Å². The minimum Gasteiger partial charge on any atom is -0.452 e. The van der Waals surface area contributed by atoms with Crippen LogP contribution in [0.25, 0.3) is 41.8 Å². The topological polar surface area (TPSA) is 359 Å². The highest BCUT2D eigenvalue weighted by atomic mass is 16.7. The summed E-state index contributed by atoms with van der Waals surface area (Å²) in [7, 11) is 0. The van der Waals surface area contributed by atoms with Crippen LogP contribution < -0.4 is 0 Å². The van der Waals surface area contributed by atoms with Crippen LogP contribution in [-0.4, -0.2) is 128 Å². The van der Waals surface area contributed by atoms with Gasteiger partial charge in [0.2, 0.25) is 0 Å². The lowest BCUT2D eigenvalue weighted by atomic mass is 9.84. The van der Waals surface area contributed by atoms with Gasteiger partial charge < -0.3 is 52.5 Å². The second-order valence-electron chi connectivity index (χ2n) is 19.9. The lowest BCUT2D eigenvalue weighted by Gasteiger charge is -2.50. The predicted octanol–water partition coefficient (Wildman–Crippen LogP) is 10.4. The van der Waals surface area contributed by atoms with E-state index >= 15 is 0 Å². The summed E-state index contributed by atoms with van der Waals surface area (Å²) in [6.45, 7) is -0.891. The minimum atomic E-state index is -2.01. The maximum atomic E-state index is 14.3. The predicted molar refractivity (Wildman–Crippen MR) is 304 cm³/mol. The quantitative estimate of drug-likeness (QED) is 0.0183. The van der Waals surface area contributed by atoms with E-state index in [1.807, 2.05) is 91.0 Å². The molecule has 0 amide bonds. The van der Waals surface area contributed by atoms with Crippen molar-refractivity contribution in [2.75, 3.05) is 13.1 Å². The number of azide groups is 4. The van der Waals surface area contributed by atoms with Gasteiger partial charge in [-0.25, -0.2) is 14.4 Å². The van der Waals surface area contributed by atoms with Gasteiger partial charge in [0.05, 0.1) is 80.0 Å². The summed E-state index contributed by atoms with van der Waals surface area (Å²) in [6.07, 6.45) is -20.9. The molecule has 86 heavy (non-hydrogen) atoms. The van der Waals surface area contributed by atoms with Gasteiger partial charge in [-0.3, -0.25) is 0 Å². The Kier molecular flexibility index (Phi) is 22.1. The molecule has 0 aromatic heterocycles. The maximum Gasteiger partial charge on any atom is 0.338 e. The highest BCUT2D eigenvalue weighted by Crippen LogP contribution is 2.39. The van der Waals surface area contributed by atoms with Crippen molar-refractivity contribution in [1.29, 1.82) is 0 Å². The van der Waals surface area contributed by atoms with Crippen LogP contribution >= 0.6 is 0 Å². The molecule has 0 spiro atoms. The van der Waals surface area contributed by atoms with Gasteiger partial charge in [0.25, 0.3) is 0 Å². The Hall–Kier alpha value is -9.35. The summed E-state index contributed by atoms with van der Waals surface area (Å²) in [6, 6.07) is 48.1. The molecule has 2 heterocycles. The van der Waals surface area contributed by atoms with Crippen LogP contribution in [0, 0.1) is 0 Å². The number of aliphatic hydroxyl groups is 1. The van der Waals surface area contributed by atoms with Crippen molar-refractivity contribution in [3.05, 3.63) is 257 Å². The number of carbonyl (C=O) groups is 3. The number of hydrogen-bond acceptors (Lipinski definition) is 18. The van der Waals surface area contributed by atoms with E-state index in [1.165, 1.54) is 36.4 Å². The van der Waals surface area contributed by atoms with E-state index in [1.54, 1.807) is 54.6 Å². The first-order valence-electron chi connectivity index (χ1n) is 27.3. The third-order valence-electron chi connectivity index (χ3n) is 14.3. The largest absolute Gasteiger partial charge is 0.452 e. The number of carbonyl (C=O) groups excluding carboxylic acids is 3. The zero-order chi connectivity index (χ0) is 60.0. The second kappa shape index (κ2) is 31.0. The first-order valence-corrected chi connectivity index (χ1v) is 27.3. The third-order valence-corrected chi connectivity index (χ3v) is 14.3. The summed E-state index contributed by atoms with van der Waals surface area (Å²) in [4.78, 5) is 54.6. The fourth-order valence-corrected chi connectivity index (χ4v) is 10.2. The molecule has 9 rings (SSSR count). The lowest BCUT2D eigenvalue weighted by molar-refractivity contribution is -0.347. The maximum absolute atomic E-state index is 14.3. The fraction of sp³-hybridized carbons (Fsp3) is 0.350.